The lowest BCUT2D eigenvalue weighted by molar-refractivity contribution is 0.130. The van der Waals surface area contributed by atoms with Gasteiger partial charge in [0.15, 0.2) is 14.7 Å². The summed E-state index contributed by atoms with van der Waals surface area (Å²) in [5, 5.41) is 0. The molecule has 252 valence electrons. The second kappa shape index (κ2) is 15.7. The standard InChI is InChI=1S/C32H36NO3S.C7H8O3S/c1-31(2,3)35-26-9-15-29(16-10-26)37(30-17-11-27(12-18-30)36-32(4,5)6)28-13-7-25(8-14-28)34-23-24-19-21-33-22-20-24;1-6-2-4-7(5-3-6)11(8,9)10/h7-22H,23H2,1-6H3;2-5H,1H3,(H,8,9,10)/q+1;/p-1. The van der Waals surface area contributed by atoms with Crippen LogP contribution in [0, 0.1) is 6.92 Å². The van der Waals surface area contributed by atoms with Gasteiger partial charge in [-0.25, -0.2) is 8.42 Å². The number of nitrogens with zero attached hydrogens (tertiary/aromatic N) is 1. The summed E-state index contributed by atoms with van der Waals surface area (Å²) in [5.74, 6) is 2.58. The maximum absolute atomic E-state index is 10.4. The summed E-state index contributed by atoms with van der Waals surface area (Å²) >= 11 is 0. The lowest BCUT2D eigenvalue weighted by Gasteiger charge is -2.21. The first-order valence-corrected chi connectivity index (χ1v) is 18.2. The normalized spacial score (nSPS) is 11.8. The second-order valence-electron chi connectivity index (χ2n) is 13.1. The van der Waals surface area contributed by atoms with Crippen molar-refractivity contribution >= 4 is 21.0 Å². The number of rotatable bonds is 9. The van der Waals surface area contributed by atoms with Crippen molar-refractivity contribution in [2.45, 2.75) is 85.9 Å². The van der Waals surface area contributed by atoms with E-state index in [1.54, 1.807) is 24.5 Å². The van der Waals surface area contributed by atoms with Gasteiger partial charge in [0.05, 0.1) is 15.8 Å². The number of hydrogen-bond acceptors (Lipinski definition) is 7. The van der Waals surface area contributed by atoms with Crippen LogP contribution in [0.25, 0.3) is 0 Å². The van der Waals surface area contributed by atoms with Gasteiger partial charge < -0.3 is 18.8 Å². The highest BCUT2D eigenvalue weighted by Crippen LogP contribution is 2.35. The Kier molecular flexibility index (Phi) is 12.0. The predicted molar refractivity (Wildman–Crippen MR) is 190 cm³/mol. The summed E-state index contributed by atoms with van der Waals surface area (Å²) in [6.45, 7) is 14.7. The summed E-state index contributed by atoms with van der Waals surface area (Å²) in [7, 11) is -4.57. The van der Waals surface area contributed by atoms with Crippen molar-refractivity contribution < 1.29 is 27.2 Å². The van der Waals surface area contributed by atoms with Crippen LogP contribution in [0.5, 0.6) is 17.2 Å². The van der Waals surface area contributed by atoms with Crippen LogP contribution in [0.1, 0.15) is 52.7 Å². The van der Waals surface area contributed by atoms with Crippen LogP contribution >= 0.6 is 0 Å². The number of benzene rings is 4. The summed E-state index contributed by atoms with van der Waals surface area (Å²) in [4.78, 5) is 7.54. The minimum atomic E-state index is -4.27. The Morgan fingerprint density at radius 1 is 0.604 bits per heavy atom. The smallest absolute Gasteiger partial charge is 0.166 e. The van der Waals surface area contributed by atoms with Crippen molar-refractivity contribution in [3.63, 3.8) is 0 Å². The molecule has 0 atom stereocenters. The Bertz CT molecular complexity index is 1770. The SMILES string of the molecule is CC(C)(C)Oc1ccc([S+](c2ccc(OCc3ccncc3)cc2)c2ccc(OC(C)(C)C)cc2)cc1.Cc1ccc(S(=O)(=O)[O-])cc1. The van der Waals surface area contributed by atoms with Gasteiger partial charge >= 0.3 is 0 Å². The molecule has 5 rings (SSSR count). The van der Waals surface area contributed by atoms with Crippen LogP contribution in [-0.4, -0.2) is 29.2 Å². The van der Waals surface area contributed by atoms with Gasteiger partial charge in [0.25, 0.3) is 0 Å². The van der Waals surface area contributed by atoms with E-state index < -0.39 is 10.1 Å². The number of aromatic nitrogens is 1. The minimum Gasteiger partial charge on any atom is -0.744 e. The molecule has 0 aliphatic heterocycles. The molecule has 9 heteroatoms. The highest BCUT2D eigenvalue weighted by molar-refractivity contribution is 7.97. The van der Waals surface area contributed by atoms with Crippen molar-refractivity contribution in [3.05, 3.63) is 133 Å². The van der Waals surface area contributed by atoms with Gasteiger partial charge in [0.1, 0.15) is 45.2 Å². The number of pyridine rings is 1. The van der Waals surface area contributed by atoms with Gasteiger partial charge in [-0.3, -0.25) is 4.98 Å². The zero-order valence-corrected chi connectivity index (χ0v) is 30.1. The van der Waals surface area contributed by atoms with Crippen molar-refractivity contribution in [2.75, 3.05) is 0 Å². The molecule has 0 fully saturated rings. The van der Waals surface area contributed by atoms with Crippen molar-refractivity contribution in [2.24, 2.45) is 0 Å². The summed E-state index contributed by atoms with van der Waals surface area (Å²) in [6.07, 6.45) is 3.56. The Morgan fingerprint density at radius 3 is 1.38 bits per heavy atom. The molecule has 0 aliphatic carbocycles. The molecule has 0 saturated heterocycles. The average molecular weight is 686 g/mol. The Labute approximate surface area is 288 Å². The van der Waals surface area contributed by atoms with E-state index in [1.165, 1.54) is 26.8 Å². The molecule has 0 bridgehead atoms. The zero-order chi connectivity index (χ0) is 35.0. The molecule has 4 aromatic carbocycles. The first-order valence-electron chi connectivity index (χ1n) is 15.5. The molecule has 0 saturated carbocycles. The van der Waals surface area contributed by atoms with Crippen LogP contribution in [0.3, 0.4) is 0 Å². The fourth-order valence-electron chi connectivity index (χ4n) is 4.43. The van der Waals surface area contributed by atoms with E-state index in [-0.39, 0.29) is 27.0 Å². The molecule has 0 amide bonds. The zero-order valence-electron chi connectivity index (χ0n) is 28.5. The fourth-order valence-corrected chi connectivity index (χ4v) is 6.94. The number of ether oxygens (including phenoxy) is 3. The molecule has 7 nitrogen and oxygen atoms in total. The molecule has 0 radical (unpaired) electrons. The van der Waals surface area contributed by atoms with Crippen molar-refractivity contribution in [1.82, 2.24) is 4.98 Å². The van der Waals surface area contributed by atoms with E-state index in [4.69, 9.17) is 14.2 Å². The van der Waals surface area contributed by atoms with Crippen LogP contribution in [0.15, 0.2) is 141 Å². The van der Waals surface area contributed by atoms with Crippen LogP contribution < -0.4 is 14.2 Å². The molecular weight excluding hydrogens is 643 g/mol. The molecule has 5 aromatic rings. The molecule has 0 unspecified atom stereocenters. The van der Waals surface area contributed by atoms with Crippen LogP contribution in [0.2, 0.25) is 0 Å². The topological polar surface area (TPSA) is 97.8 Å². The fraction of sp³-hybridized carbons (Fsp3) is 0.256. The number of aryl methyl sites for hydroxylation is 1. The maximum Gasteiger partial charge on any atom is 0.166 e. The van der Waals surface area contributed by atoms with Crippen LogP contribution in [0.4, 0.5) is 0 Å². The molecular formula is C39H43NO6S2. The Balaban J connectivity index is 0.000000401. The van der Waals surface area contributed by atoms with Gasteiger partial charge in [0, 0.05) is 12.4 Å². The lowest BCUT2D eigenvalue weighted by atomic mass is 10.2. The largest absolute Gasteiger partial charge is 0.744 e. The first-order chi connectivity index (χ1) is 22.6. The van der Waals surface area contributed by atoms with E-state index in [9.17, 15) is 13.0 Å². The third-order valence-electron chi connectivity index (χ3n) is 6.49. The van der Waals surface area contributed by atoms with E-state index in [0.717, 1.165) is 28.4 Å². The van der Waals surface area contributed by atoms with Gasteiger partial charge in [-0.05, 0) is 151 Å². The van der Waals surface area contributed by atoms with E-state index in [0.29, 0.717) is 6.61 Å². The molecule has 0 spiro atoms. The maximum atomic E-state index is 10.4. The third-order valence-corrected chi connectivity index (χ3v) is 9.57. The molecule has 0 N–H and O–H groups in total. The predicted octanol–water partition coefficient (Wildman–Crippen LogP) is 9.01. The molecule has 0 aliphatic rings. The molecule has 1 aromatic heterocycles. The summed E-state index contributed by atoms with van der Waals surface area (Å²) in [6, 6.07) is 35.0. The average Bonchev–Trinajstić information content (AvgIpc) is 3.02. The van der Waals surface area contributed by atoms with E-state index in [2.05, 4.69) is 107 Å². The highest BCUT2D eigenvalue weighted by atomic mass is 32.2. The summed E-state index contributed by atoms with van der Waals surface area (Å²) < 4.78 is 49.3. The summed E-state index contributed by atoms with van der Waals surface area (Å²) in [5.41, 5.74) is 1.54. The molecule has 1 heterocycles. The monoisotopic (exact) mass is 685 g/mol. The highest BCUT2D eigenvalue weighted by Gasteiger charge is 2.29. The third kappa shape index (κ3) is 11.7. The lowest BCUT2D eigenvalue weighted by Crippen LogP contribution is -2.23. The molecule has 48 heavy (non-hydrogen) atoms. The van der Waals surface area contributed by atoms with Crippen molar-refractivity contribution in [3.8, 4) is 17.2 Å². The van der Waals surface area contributed by atoms with Gasteiger partial charge in [-0.15, -0.1) is 0 Å². The van der Waals surface area contributed by atoms with E-state index in [1.807, 2.05) is 31.2 Å². The second-order valence-corrected chi connectivity index (χ2v) is 16.5. The van der Waals surface area contributed by atoms with Gasteiger partial charge in [0.2, 0.25) is 0 Å². The van der Waals surface area contributed by atoms with Crippen molar-refractivity contribution in [1.29, 1.82) is 0 Å². The van der Waals surface area contributed by atoms with Gasteiger partial charge in [-0.2, -0.15) is 0 Å². The van der Waals surface area contributed by atoms with Gasteiger partial charge in [-0.1, -0.05) is 17.7 Å². The number of hydrogen-bond donors (Lipinski definition) is 0. The first kappa shape index (κ1) is 36.5. The Morgan fingerprint density at radius 2 is 1.00 bits per heavy atom. The Hall–Kier alpha value is -4.31. The van der Waals surface area contributed by atoms with Crippen LogP contribution in [-0.2, 0) is 27.6 Å². The minimum absolute atomic E-state index is 0.178. The van der Waals surface area contributed by atoms with E-state index >= 15 is 0 Å². The quantitative estimate of drug-likeness (QED) is 0.113.